The van der Waals surface area contributed by atoms with Gasteiger partial charge in [-0.1, -0.05) is 11.6 Å². The van der Waals surface area contributed by atoms with E-state index in [0.717, 1.165) is 85.5 Å². The van der Waals surface area contributed by atoms with Gasteiger partial charge in [-0.3, -0.25) is 0 Å². The van der Waals surface area contributed by atoms with E-state index in [1.165, 1.54) is 0 Å². The number of aryl methyl sites for hydroxylation is 1. The molecule has 29 heavy (non-hydrogen) atoms. The molecule has 9 heteroatoms. The summed E-state index contributed by atoms with van der Waals surface area (Å²) in [6, 6.07) is 0. The Hall–Kier alpha value is -1.64. The largest absolute Gasteiger partial charge is 0.394 e. The fraction of sp³-hybridized carbons (Fsp3) is 0.600. The van der Waals surface area contributed by atoms with E-state index < -0.39 is 0 Å². The zero-order valence-electron chi connectivity index (χ0n) is 16.3. The van der Waals surface area contributed by atoms with Crippen LogP contribution in [0.3, 0.4) is 0 Å². The molecular weight excluding hydrogens is 408 g/mol. The van der Waals surface area contributed by atoms with Gasteiger partial charge in [-0.2, -0.15) is 4.98 Å². The van der Waals surface area contributed by atoms with Crippen molar-refractivity contribution in [3.05, 3.63) is 28.9 Å². The van der Waals surface area contributed by atoms with E-state index in [9.17, 15) is 5.11 Å². The highest BCUT2D eigenvalue weighted by atomic mass is 35.5. The Bertz CT molecular complexity index is 878. The number of aliphatic hydroxyl groups is 1. The maximum absolute atomic E-state index is 9.88. The van der Waals surface area contributed by atoms with Gasteiger partial charge in [0.15, 0.2) is 0 Å². The number of halogens is 1. The first-order valence-corrected chi connectivity index (χ1v) is 11.7. The third-order valence-electron chi connectivity index (χ3n) is 6.29. The number of thioether (sulfide) groups is 1. The minimum Gasteiger partial charge on any atom is -0.394 e. The molecule has 7 nitrogen and oxygen atoms in total. The minimum atomic E-state index is -0.207. The van der Waals surface area contributed by atoms with E-state index in [1.807, 2.05) is 11.8 Å². The standard InChI is InChI=1S/C20H25ClN6OS/c21-14-10-22-17(23-11-14)13-2-7-27(8-3-13)19-24-15-4-9-29-16(15)18(25-19)26-20(12-28)5-1-6-20/h10-11,13,28H,1-9,12H2,(H,24,25,26). The highest BCUT2D eigenvalue weighted by Crippen LogP contribution is 2.41. The molecule has 0 bridgehead atoms. The summed E-state index contributed by atoms with van der Waals surface area (Å²) >= 11 is 7.73. The smallest absolute Gasteiger partial charge is 0.227 e. The number of hydrogen-bond acceptors (Lipinski definition) is 8. The van der Waals surface area contributed by atoms with Crippen LogP contribution in [0, 0.1) is 0 Å². The zero-order valence-corrected chi connectivity index (χ0v) is 17.8. The molecule has 1 aliphatic carbocycles. The first-order chi connectivity index (χ1) is 14.2. The second-order valence-electron chi connectivity index (χ2n) is 8.18. The van der Waals surface area contributed by atoms with Crippen molar-refractivity contribution in [3.8, 4) is 0 Å². The van der Waals surface area contributed by atoms with Crippen LogP contribution in [0.1, 0.15) is 49.5 Å². The summed E-state index contributed by atoms with van der Waals surface area (Å²) < 4.78 is 0. The quantitative estimate of drug-likeness (QED) is 0.744. The molecule has 2 fully saturated rings. The van der Waals surface area contributed by atoms with Crippen molar-refractivity contribution < 1.29 is 5.11 Å². The Morgan fingerprint density at radius 3 is 2.62 bits per heavy atom. The summed E-state index contributed by atoms with van der Waals surface area (Å²) in [5.41, 5.74) is 0.930. The van der Waals surface area contributed by atoms with Crippen LogP contribution in [-0.2, 0) is 6.42 Å². The first-order valence-electron chi connectivity index (χ1n) is 10.3. The maximum Gasteiger partial charge on any atom is 0.227 e. The molecule has 1 saturated carbocycles. The van der Waals surface area contributed by atoms with E-state index >= 15 is 0 Å². The van der Waals surface area contributed by atoms with Gasteiger partial charge >= 0.3 is 0 Å². The fourth-order valence-corrected chi connectivity index (χ4v) is 5.47. The van der Waals surface area contributed by atoms with E-state index in [1.54, 1.807) is 12.4 Å². The fourth-order valence-electron chi connectivity index (χ4n) is 4.33. The number of piperidine rings is 1. The van der Waals surface area contributed by atoms with Crippen LogP contribution in [0.4, 0.5) is 11.8 Å². The molecule has 3 aliphatic rings. The molecular formula is C20H25ClN6OS. The molecule has 0 radical (unpaired) electrons. The summed E-state index contributed by atoms with van der Waals surface area (Å²) in [4.78, 5) is 22.0. The Labute approximate surface area is 179 Å². The molecule has 1 saturated heterocycles. The minimum absolute atomic E-state index is 0.151. The first kappa shape index (κ1) is 19.3. The van der Waals surface area contributed by atoms with Gasteiger partial charge in [-0.25, -0.2) is 15.0 Å². The number of nitrogens with zero attached hydrogens (tertiary/aromatic N) is 5. The Morgan fingerprint density at radius 1 is 1.21 bits per heavy atom. The average Bonchev–Trinajstić information content (AvgIpc) is 3.20. The van der Waals surface area contributed by atoms with Crippen molar-refractivity contribution in [3.63, 3.8) is 0 Å². The van der Waals surface area contributed by atoms with Crippen LogP contribution in [0.5, 0.6) is 0 Å². The van der Waals surface area contributed by atoms with Crippen molar-refractivity contribution in [2.75, 3.05) is 35.7 Å². The van der Waals surface area contributed by atoms with Crippen LogP contribution in [0.15, 0.2) is 17.3 Å². The third-order valence-corrected chi connectivity index (χ3v) is 7.61. The van der Waals surface area contributed by atoms with Gasteiger partial charge < -0.3 is 15.3 Å². The monoisotopic (exact) mass is 432 g/mol. The topological polar surface area (TPSA) is 87.1 Å². The molecule has 0 amide bonds. The van der Waals surface area contributed by atoms with Crippen LogP contribution >= 0.6 is 23.4 Å². The van der Waals surface area contributed by atoms with Crippen molar-refractivity contribution in [1.29, 1.82) is 0 Å². The van der Waals surface area contributed by atoms with Crippen LogP contribution in [0.2, 0.25) is 5.02 Å². The molecule has 154 valence electrons. The van der Waals surface area contributed by atoms with Gasteiger partial charge in [0.2, 0.25) is 5.95 Å². The SMILES string of the molecule is OCC1(Nc2nc(N3CCC(c4ncc(Cl)cn4)CC3)nc3c2SCC3)CCC1. The molecule has 2 aromatic heterocycles. The Morgan fingerprint density at radius 2 is 1.97 bits per heavy atom. The van der Waals surface area contributed by atoms with E-state index in [0.29, 0.717) is 10.9 Å². The number of aromatic nitrogens is 4. The molecule has 0 spiro atoms. The van der Waals surface area contributed by atoms with E-state index in [2.05, 4.69) is 20.2 Å². The van der Waals surface area contributed by atoms with Crippen molar-refractivity contribution in [2.45, 2.75) is 54.9 Å². The zero-order chi connectivity index (χ0) is 19.8. The van der Waals surface area contributed by atoms with Crippen LogP contribution < -0.4 is 10.2 Å². The van der Waals surface area contributed by atoms with Crippen molar-refractivity contribution >= 4 is 35.1 Å². The number of anilines is 2. The number of rotatable bonds is 5. The summed E-state index contributed by atoms with van der Waals surface area (Å²) in [6.45, 7) is 1.92. The predicted molar refractivity (Wildman–Crippen MR) is 115 cm³/mol. The number of aliphatic hydroxyl groups excluding tert-OH is 1. The molecule has 0 aromatic carbocycles. The van der Waals surface area contributed by atoms with E-state index in [4.69, 9.17) is 21.6 Å². The van der Waals surface area contributed by atoms with Gasteiger partial charge in [-0.15, -0.1) is 11.8 Å². The van der Waals surface area contributed by atoms with Crippen LogP contribution in [0.25, 0.3) is 0 Å². The molecule has 5 rings (SSSR count). The average molecular weight is 433 g/mol. The third kappa shape index (κ3) is 3.78. The Kier molecular flexibility index (Phi) is 5.26. The van der Waals surface area contributed by atoms with Crippen molar-refractivity contribution in [1.82, 2.24) is 19.9 Å². The summed E-state index contributed by atoms with van der Waals surface area (Å²) in [5.74, 6) is 3.97. The Balaban J connectivity index is 1.34. The lowest BCUT2D eigenvalue weighted by Crippen LogP contribution is -2.48. The highest BCUT2D eigenvalue weighted by Gasteiger charge is 2.38. The van der Waals surface area contributed by atoms with Crippen LogP contribution in [-0.4, -0.2) is 56.0 Å². The predicted octanol–water partition coefficient (Wildman–Crippen LogP) is 3.28. The molecule has 2 N–H and O–H groups in total. The lowest BCUT2D eigenvalue weighted by molar-refractivity contribution is 0.143. The molecule has 0 atom stereocenters. The maximum atomic E-state index is 9.88. The van der Waals surface area contributed by atoms with E-state index in [-0.39, 0.29) is 12.1 Å². The number of hydrogen-bond donors (Lipinski definition) is 2. The molecule has 4 heterocycles. The number of nitrogens with one attached hydrogen (secondary N) is 1. The molecule has 2 aliphatic heterocycles. The van der Waals surface area contributed by atoms with Gasteiger partial charge in [0, 0.05) is 43.6 Å². The van der Waals surface area contributed by atoms with Gasteiger partial charge in [0.25, 0.3) is 0 Å². The second kappa shape index (κ2) is 7.89. The summed E-state index contributed by atoms with van der Waals surface area (Å²) in [6.07, 6.45) is 9.41. The highest BCUT2D eigenvalue weighted by molar-refractivity contribution is 7.99. The van der Waals surface area contributed by atoms with Gasteiger partial charge in [0.1, 0.15) is 11.6 Å². The lowest BCUT2D eigenvalue weighted by Gasteiger charge is -2.42. The lowest BCUT2D eigenvalue weighted by atomic mass is 9.77. The molecule has 2 aromatic rings. The number of fused-ring (bicyclic) bond motifs is 1. The van der Waals surface area contributed by atoms with Gasteiger partial charge in [0.05, 0.1) is 27.8 Å². The second-order valence-corrected chi connectivity index (χ2v) is 9.73. The normalized spacial score (nSPS) is 21.0. The van der Waals surface area contributed by atoms with Crippen molar-refractivity contribution in [2.24, 2.45) is 0 Å². The summed E-state index contributed by atoms with van der Waals surface area (Å²) in [7, 11) is 0. The van der Waals surface area contributed by atoms with Gasteiger partial charge in [-0.05, 0) is 32.1 Å². The summed E-state index contributed by atoms with van der Waals surface area (Å²) in [5, 5.41) is 14.0. The molecule has 0 unspecified atom stereocenters.